The largest absolute Gasteiger partial charge is 0.494 e. The number of aliphatic hydroxyl groups is 1. The number of hydrogen-bond acceptors (Lipinski definition) is 3. The Kier molecular flexibility index (Phi) is 3.84. The summed E-state index contributed by atoms with van der Waals surface area (Å²) in [5.74, 6) is 0.755. The van der Waals surface area contributed by atoms with Crippen LogP contribution < -0.4 is 15.3 Å². The summed E-state index contributed by atoms with van der Waals surface area (Å²) in [7, 11) is 1.66. The van der Waals surface area contributed by atoms with Gasteiger partial charge < -0.3 is 9.84 Å². The van der Waals surface area contributed by atoms with Crippen LogP contribution in [0, 0.1) is 0 Å². The van der Waals surface area contributed by atoms with Crippen LogP contribution in [-0.4, -0.2) is 17.2 Å². The predicted molar refractivity (Wildman–Crippen MR) is 84.1 cm³/mol. The summed E-state index contributed by atoms with van der Waals surface area (Å²) in [5.41, 5.74) is 2.70. The van der Waals surface area contributed by atoms with Gasteiger partial charge in [-0.05, 0) is 18.1 Å². The van der Waals surface area contributed by atoms with Crippen LogP contribution in [0.3, 0.4) is 0 Å². The maximum atomic E-state index is 9.13. The quantitative estimate of drug-likeness (QED) is 0.931. The molecule has 1 aromatic carbocycles. The highest BCUT2D eigenvalue weighted by molar-refractivity contribution is 5.67. The van der Waals surface area contributed by atoms with Crippen molar-refractivity contribution in [2.45, 2.75) is 13.0 Å². The number of fused-ring (bicyclic) bond motifs is 1. The molecule has 21 heavy (non-hydrogen) atoms. The van der Waals surface area contributed by atoms with Crippen LogP contribution in [-0.2, 0) is 6.61 Å². The lowest BCUT2D eigenvalue weighted by molar-refractivity contribution is 0.282. The van der Waals surface area contributed by atoms with Gasteiger partial charge in [-0.15, -0.1) is 0 Å². The number of pyridine rings is 1. The van der Waals surface area contributed by atoms with E-state index in [1.807, 2.05) is 42.5 Å². The van der Waals surface area contributed by atoms with E-state index in [2.05, 4.69) is 12.2 Å². The predicted octanol–water partition coefficient (Wildman–Crippen LogP) is 1.77. The minimum absolute atomic E-state index is 0.0451. The fourth-order valence-corrected chi connectivity index (χ4v) is 2.38. The molecule has 0 spiro atoms. The lowest BCUT2D eigenvalue weighted by atomic mass is 10.1. The number of aromatic nitrogens is 1. The number of ether oxygens (including phenoxy) is 1. The second-order valence-corrected chi connectivity index (χ2v) is 4.90. The summed E-state index contributed by atoms with van der Waals surface area (Å²) in [6.07, 6.45) is 9.18. The molecular weight excluding hydrogens is 262 g/mol. The zero-order valence-corrected chi connectivity index (χ0v) is 11.9. The molecule has 0 saturated carbocycles. The van der Waals surface area contributed by atoms with Gasteiger partial charge in [0.25, 0.3) is 0 Å². The maximum absolute atomic E-state index is 9.13. The van der Waals surface area contributed by atoms with Crippen molar-refractivity contribution >= 4 is 12.2 Å². The Bertz CT molecular complexity index is 789. The fourth-order valence-electron chi connectivity index (χ4n) is 2.38. The van der Waals surface area contributed by atoms with E-state index in [9.17, 15) is 0 Å². The molecule has 0 atom stereocenters. The van der Waals surface area contributed by atoms with E-state index in [4.69, 9.17) is 14.8 Å². The monoisotopic (exact) mass is 279 g/mol. The van der Waals surface area contributed by atoms with Crippen LogP contribution in [0.2, 0.25) is 0 Å². The molecule has 1 aromatic heterocycles. The van der Waals surface area contributed by atoms with Crippen LogP contribution in [0.25, 0.3) is 23.4 Å². The average Bonchev–Trinajstić information content (AvgIpc) is 2.78. The first-order valence-corrected chi connectivity index (χ1v) is 6.94. The van der Waals surface area contributed by atoms with E-state index in [0.29, 0.717) is 0 Å². The van der Waals surface area contributed by atoms with Gasteiger partial charge in [0.15, 0.2) is 0 Å². The number of nitrogens with zero attached hydrogens (tertiary/aromatic N) is 1. The van der Waals surface area contributed by atoms with Gasteiger partial charge in [-0.3, -0.25) is 0 Å². The number of allylic oxidation sites excluding steroid dienone is 2. The third-order valence-electron chi connectivity index (χ3n) is 3.54. The molecule has 0 bridgehead atoms. The Balaban J connectivity index is 2.18. The molecule has 1 N–H and O–H groups in total. The third-order valence-corrected chi connectivity index (χ3v) is 3.54. The van der Waals surface area contributed by atoms with Gasteiger partial charge in [0.1, 0.15) is 11.4 Å². The number of hydrogen-bond donors (Lipinski definition) is 1. The van der Waals surface area contributed by atoms with E-state index in [1.165, 1.54) is 0 Å². The number of methoxy groups -OCH3 is 1. The van der Waals surface area contributed by atoms with Gasteiger partial charge in [-0.1, -0.05) is 48.6 Å². The Hall–Kier alpha value is -2.39. The van der Waals surface area contributed by atoms with Gasteiger partial charge in [-0.25, -0.2) is 4.98 Å². The zero-order chi connectivity index (χ0) is 14.7. The number of aliphatic hydroxyl groups excluding tert-OH is 1. The van der Waals surface area contributed by atoms with E-state index in [-0.39, 0.29) is 6.61 Å². The minimum atomic E-state index is 0.0451. The minimum Gasteiger partial charge on any atom is -0.494 e. The molecular formula is C18H17NO2. The molecule has 2 aromatic rings. The van der Waals surface area contributed by atoms with E-state index >= 15 is 0 Å². The van der Waals surface area contributed by atoms with Crippen molar-refractivity contribution in [3.8, 4) is 17.0 Å². The van der Waals surface area contributed by atoms with Gasteiger partial charge in [0.05, 0.1) is 19.1 Å². The second kappa shape index (κ2) is 5.94. The molecule has 1 aliphatic carbocycles. The van der Waals surface area contributed by atoms with Crippen molar-refractivity contribution in [2.24, 2.45) is 0 Å². The second-order valence-electron chi connectivity index (χ2n) is 4.90. The van der Waals surface area contributed by atoms with Crippen molar-refractivity contribution < 1.29 is 9.84 Å². The zero-order valence-electron chi connectivity index (χ0n) is 11.9. The topological polar surface area (TPSA) is 42.4 Å². The molecule has 0 radical (unpaired) electrons. The maximum Gasteiger partial charge on any atom is 0.145 e. The summed E-state index contributed by atoms with van der Waals surface area (Å²) in [5, 5.41) is 11.2. The Morgan fingerprint density at radius 2 is 2.05 bits per heavy atom. The van der Waals surface area contributed by atoms with Crippen LogP contribution in [0.15, 0.2) is 42.5 Å². The highest BCUT2D eigenvalue weighted by Gasteiger charge is 2.08. The standard InChI is InChI=1S/C18H17NO2/c1-21-17-11-15-5-3-2-4-6-16(15)19-18(17)14-9-7-13(12-20)8-10-14/h2-3,5-11,20H,4,12H2,1H3. The number of rotatable bonds is 3. The Morgan fingerprint density at radius 1 is 1.24 bits per heavy atom. The van der Waals surface area contributed by atoms with Crippen LogP contribution >= 0.6 is 0 Å². The van der Waals surface area contributed by atoms with Crippen molar-refractivity contribution in [1.29, 1.82) is 0 Å². The Labute approximate surface area is 123 Å². The van der Waals surface area contributed by atoms with Gasteiger partial charge >= 0.3 is 0 Å². The molecule has 1 aliphatic rings. The van der Waals surface area contributed by atoms with E-state index in [1.54, 1.807) is 7.11 Å². The lowest BCUT2D eigenvalue weighted by Crippen LogP contribution is -2.28. The summed E-state index contributed by atoms with van der Waals surface area (Å²) < 4.78 is 5.49. The van der Waals surface area contributed by atoms with E-state index in [0.717, 1.165) is 39.6 Å². The molecule has 0 fully saturated rings. The van der Waals surface area contributed by atoms with Gasteiger partial charge in [0, 0.05) is 10.8 Å². The smallest absolute Gasteiger partial charge is 0.145 e. The first-order chi connectivity index (χ1) is 10.3. The lowest BCUT2D eigenvalue weighted by Gasteiger charge is -2.09. The summed E-state index contributed by atoms with van der Waals surface area (Å²) in [6.45, 7) is 0.0451. The normalized spacial score (nSPS) is 12.9. The molecule has 0 unspecified atom stereocenters. The SMILES string of the molecule is COc1cc2c(nc1-c1ccc(CO)cc1)=CCC=CC=2. The van der Waals surface area contributed by atoms with Crippen LogP contribution in [0.5, 0.6) is 5.75 Å². The summed E-state index contributed by atoms with van der Waals surface area (Å²) in [6, 6.07) is 9.74. The van der Waals surface area contributed by atoms with E-state index < -0.39 is 0 Å². The molecule has 3 nitrogen and oxygen atoms in total. The van der Waals surface area contributed by atoms with Gasteiger partial charge in [0.2, 0.25) is 0 Å². The molecule has 0 aliphatic heterocycles. The molecule has 3 rings (SSSR count). The molecule has 106 valence electrons. The Morgan fingerprint density at radius 3 is 2.76 bits per heavy atom. The number of benzene rings is 1. The van der Waals surface area contributed by atoms with Crippen LogP contribution in [0.1, 0.15) is 12.0 Å². The first-order valence-electron chi connectivity index (χ1n) is 6.94. The third kappa shape index (κ3) is 2.73. The van der Waals surface area contributed by atoms with Crippen LogP contribution in [0.4, 0.5) is 0 Å². The van der Waals surface area contributed by atoms with Crippen molar-refractivity contribution in [3.05, 3.63) is 58.6 Å². The molecule has 0 saturated heterocycles. The molecule has 1 heterocycles. The summed E-state index contributed by atoms with van der Waals surface area (Å²) in [4.78, 5) is 4.76. The molecule has 0 amide bonds. The first kappa shape index (κ1) is 13.6. The van der Waals surface area contributed by atoms with Crippen molar-refractivity contribution in [1.82, 2.24) is 4.98 Å². The highest BCUT2D eigenvalue weighted by atomic mass is 16.5. The van der Waals surface area contributed by atoms with Gasteiger partial charge in [-0.2, -0.15) is 0 Å². The van der Waals surface area contributed by atoms with Crippen molar-refractivity contribution in [3.63, 3.8) is 0 Å². The highest BCUT2D eigenvalue weighted by Crippen LogP contribution is 2.25. The fraction of sp³-hybridized carbons (Fsp3) is 0.167. The summed E-state index contributed by atoms with van der Waals surface area (Å²) >= 11 is 0. The van der Waals surface area contributed by atoms with Crippen molar-refractivity contribution in [2.75, 3.05) is 7.11 Å². The average molecular weight is 279 g/mol. The molecule has 3 heteroatoms.